The number of aliphatic hydroxyl groups excluding tert-OH is 1. The van der Waals surface area contributed by atoms with Crippen LogP contribution in [0.4, 0.5) is 5.69 Å². The fourth-order valence-electron chi connectivity index (χ4n) is 2.04. The molecule has 0 bridgehead atoms. The van der Waals surface area contributed by atoms with Crippen LogP contribution < -0.4 is 20.1 Å². The van der Waals surface area contributed by atoms with E-state index in [1.54, 1.807) is 20.3 Å². The van der Waals surface area contributed by atoms with E-state index in [2.05, 4.69) is 10.6 Å². The molecule has 0 heterocycles. The van der Waals surface area contributed by atoms with Crippen molar-refractivity contribution in [3.05, 3.63) is 54.1 Å². The van der Waals surface area contributed by atoms with Crippen molar-refractivity contribution in [2.24, 2.45) is 0 Å². The Kier molecular flexibility index (Phi) is 6.19. The van der Waals surface area contributed by atoms with Crippen molar-refractivity contribution < 1.29 is 14.6 Å². The molecule has 2 aromatic rings. The minimum atomic E-state index is -0.629. The molecule has 6 heteroatoms. The predicted molar refractivity (Wildman–Crippen MR) is 95.2 cm³/mol. The zero-order valence-electron chi connectivity index (χ0n) is 13.1. The lowest BCUT2D eigenvalue weighted by atomic mass is 10.1. The molecule has 3 N–H and O–H groups in total. The highest BCUT2D eigenvalue weighted by atomic mass is 32.1. The van der Waals surface area contributed by atoms with Crippen LogP contribution in [0.1, 0.15) is 11.7 Å². The first-order chi connectivity index (χ1) is 11.1. The molecule has 0 aliphatic rings. The molecule has 0 fully saturated rings. The molecule has 0 saturated carbocycles. The van der Waals surface area contributed by atoms with Gasteiger partial charge in [0.25, 0.3) is 0 Å². The normalized spacial score (nSPS) is 11.4. The predicted octanol–water partition coefficient (Wildman–Crippen LogP) is 2.72. The van der Waals surface area contributed by atoms with Gasteiger partial charge in [-0.15, -0.1) is 0 Å². The fraction of sp³-hybridized carbons (Fsp3) is 0.235. The van der Waals surface area contributed by atoms with E-state index in [1.807, 2.05) is 42.5 Å². The molecule has 0 amide bonds. The number of thiocarbonyl (C=S) groups is 1. The van der Waals surface area contributed by atoms with Crippen LogP contribution in [0.25, 0.3) is 0 Å². The second kappa shape index (κ2) is 8.36. The maximum atomic E-state index is 10.1. The zero-order chi connectivity index (χ0) is 16.7. The van der Waals surface area contributed by atoms with Crippen LogP contribution in [0.15, 0.2) is 48.5 Å². The lowest BCUT2D eigenvalue weighted by Gasteiger charge is -2.15. The molecule has 0 unspecified atom stereocenters. The Hall–Kier alpha value is -2.31. The van der Waals surface area contributed by atoms with Crippen molar-refractivity contribution in [3.63, 3.8) is 0 Å². The Morgan fingerprint density at radius 1 is 1.09 bits per heavy atom. The highest BCUT2D eigenvalue weighted by molar-refractivity contribution is 7.80. The van der Waals surface area contributed by atoms with Gasteiger partial charge in [-0.25, -0.2) is 0 Å². The van der Waals surface area contributed by atoms with E-state index in [1.165, 1.54) is 0 Å². The van der Waals surface area contributed by atoms with E-state index in [-0.39, 0.29) is 0 Å². The van der Waals surface area contributed by atoms with Crippen molar-refractivity contribution in [1.82, 2.24) is 5.32 Å². The molecule has 5 nitrogen and oxygen atoms in total. The SMILES string of the molecule is COc1cc(NC(=S)NC[C@H](O)c2ccccc2)cc(OC)c1. The molecular formula is C17H20N2O3S. The second-order valence-electron chi connectivity index (χ2n) is 4.86. The Bertz CT molecular complexity index is 627. The number of methoxy groups -OCH3 is 2. The molecule has 0 aromatic heterocycles. The number of anilines is 1. The summed E-state index contributed by atoms with van der Waals surface area (Å²) in [5, 5.41) is 16.6. The molecule has 0 radical (unpaired) electrons. The summed E-state index contributed by atoms with van der Waals surface area (Å²) in [6.45, 7) is 0.316. The number of hydrogen-bond acceptors (Lipinski definition) is 4. The zero-order valence-corrected chi connectivity index (χ0v) is 13.9. The van der Waals surface area contributed by atoms with Crippen molar-refractivity contribution in [2.45, 2.75) is 6.10 Å². The summed E-state index contributed by atoms with van der Waals surface area (Å²) >= 11 is 5.25. The Morgan fingerprint density at radius 2 is 1.70 bits per heavy atom. The number of nitrogens with one attached hydrogen (secondary N) is 2. The number of rotatable bonds is 6. The minimum absolute atomic E-state index is 0.316. The van der Waals surface area contributed by atoms with E-state index < -0.39 is 6.10 Å². The average molecular weight is 332 g/mol. The smallest absolute Gasteiger partial charge is 0.170 e. The first-order valence-corrected chi connectivity index (χ1v) is 7.54. The fourth-order valence-corrected chi connectivity index (χ4v) is 2.24. The molecule has 0 aliphatic heterocycles. The third-order valence-electron chi connectivity index (χ3n) is 3.25. The lowest BCUT2D eigenvalue weighted by molar-refractivity contribution is 0.181. The summed E-state index contributed by atoms with van der Waals surface area (Å²) in [4.78, 5) is 0. The number of benzene rings is 2. The number of ether oxygens (including phenoxy) is 2. The van der Waals surface area contributed by atoms with Gasteiger partial charge in [0.1, 0.15) is 11.5 Å². The van der Waals surface area contributed by atoms with Crippen LogP contribution in [0, 0.1) is 0 Å². The van der Waals surface area contributed by atoms with Crippen molar-refractivity contribution in [2.75, 3.05) is 26.1 Å². The van der Waals surface area contributed by atoms with Gasteiger partial charge in [0.05, 0.1) is 20.3 Å². The quantitative estimate of drug-likeness (QED) is 0.707. The van der Waals surface area contributed by atoms with E-state index in [9.17, 15) is 5.11 Å². The second-order valence-corrected chi connectivity index (χ2v) is 5.27. The Balaban J connectivity index is 1.92. The van der Waals surface area contributed by atoms with Crippen molar-refractivity contribution >= 4 is 23.0 Å². The summed E-state index contributed by atoms with van der Waals surface area (Å²) < 4.78 is 10.4. The summed E-state index contributed by atoms with van der Waals surface area (Å²) in [5.41, 5.74) is 1.58. The van der Waals surface area contributed by atoms with Crippen LogP contribution in [0.2, 0.25) is 0 Å². The third-order valence-corrected chi connectivity index (χ3v) is 3.50. The van der Waals surface area contributed by atoms with Gasteiger partial charge in [0.2, 0.25) is 0 Å². The number of aliphatic hydroxyl groups is 1. The van der Waals surface area contributed by atoms with Crippen LogP contribution in [0.5, 0.6) is 11.5 Å². The van der Waals surface area contributed by atoms with Crippen LogP contribution in [0.3, 0.4) is 0 Å². The molecule has 0 spiro atoms. The molecular weight excluding hydrogens is 312 g/mol. The monoisotopic (exact) mass is 332 g/mol. The van der Waals surface area contributed by atoms with Gasteiger partial charge in [0, 0.05) is 30.4 Å². The van der Waals surface area contributed by atoms with Gasteiger partial charge in [-0.2, -0.15) is 0 Å². The molecule has 23 heavy (non-hydrogen) atoms. The van der Waals surface area contributed by atoms with Gasteiger partial charge in [-0.1, -0.05) is 30.3 Å². The first-order valence-electron chi connectivity index (χ1n) is 7.13. The van der Waals surface area contributed by atoms with Crippen molar-refractivity contribution in [1.29, 1.82) is 0 Å². The van der Waals surface area contributed by atoms with Gasteiger partial charge < -0.3 is 25.2 Å². The van der Waals surface area contributed by atoms with E-state index in [0.29, 0.717) is 23.2 Å². The molecule has 0 aliphatic carbocycles. The van der Waals surface area contributed by atoms with E-state index in [4.69, 9.17) is 21.7 Å². The van der Waals surface area contributed by atoms with Crippen LogP contribution >= 0.6 is 12.2 Å². The maximum Gasteiger partial charge on any atom is 0.170 e. The van der Waals surface area contributed by atoms with E-state index in [0.717, 1.165) is 11.3 Å². The highest BCUT2D eigenvalue weighted by Crippen LogP contribution is 2.25. The van der Waals surface area contributed by atoms with Crippen molar-refractivity contribution in [3.8, 4) is 11.5 Å². The number of hydrogen-bond donors (Lipinski definition) is 3. The average Bonchev–Trinajstić information content (AvgIpc) is 2.60. The minimum Gasteiger partial charge on any atom is -0.497 e. The molecule has 2 aromatic carbocycles. The molecule has 2 rings (SSSR count). The molecule has 1 atom stereocenters. The Labute approximate surface area is 141 Å². The van der Waals surface area contributed by atoms with Gasteiger partial charge in [-0.05, 0) is 17.8 Å². The van der Waals surface area contributed by atoms with Gasteiger partial charge >= 0.3 is 0 Å². The first kappa shape index (κ1) is 17.1. The third kappa shape index (κ3) is 5.12. The summed E-state index contributed by atoms with van der Waals surface area (Å²) in [6.07, 6.45) is -0.629. The summed E-state index contributed by atoms with van der Waals surface area (Å²) in [7, 11) is 3.18. The molecule has 122 valence electrons. The van der Waals surface area contributed by atoms with Gasteiger partial charge in [-0.3, -0.25) is 0 Å². The topological polar surface area (TPSA) is 62.8 Å². The highest BCUT2D eigenvalue weighted by Gasteiger charge is 2.08. The van der Waals surface area contributed by atoms with Gasteiger partial charge in [0.15, 0.2) is 5.11 Å². The summed E-state index contributed by atoms with van der Waals surface area (Å²) in [6, 6.07) is 14.8. The van der Waals surface area contributed by atoms with E-state index >= 15 is 0 Å². The largest absolute Gasteiger partial charge is 0.497 e. The maximum absolute atomic E-state index is 10.1. The van der Waals surface area contributed by atoms with Crippen LogP contribution in [-0.4, -0.2) is 31.0 Å². The molecule has 0 saturated heterocycles. The Morgan fingerprint density at radius 3 is 2.26 bits per heavy atom. The summed E-state index contributed by atoms with van der Waals surface area (Å²) in [5.74, 6) is 1.33. The standard InChI is InChI=1S/C17H20N2O3S/c1-21-14-8-13(9-15(10-14)22-2)19-17(23)18-11-16(20)12-6-4-3-5-7-12/h3-10,16,20H,11H2,1-2H3,(H2,18,19,23)/t16-/m0/s1. The van der Waals surface area contributed by atoms with Crippen LogP contribution in [-0.2, 0) is 0 Å². The lowest BCUT2D eigenvalue weighted by Crippen LogP contribution is -2.32.